The van der Waals surface area contributed by atoms with Crippen molar-refractivity contribution in [2.45, 2.75) is 12.8 Å². The summed E-state index contributed by atoms with van der Waals surface area (Å²) in [5.41, 5.74) is 2.97. The summed E-state index contributed by atoms with van der Waals surface area (Å²) in [4.78, 5) is 0. The second-order valence-corrected chi connectivity index (χ2v) is 5.30. The fourth-order valence-electron chi connectivity index (χ4n) is 1.45. The van der Waals surface area contributed by atoms with E-state index < -0.39 is 9.53 Å². The van der Waals surface area contributed by atoms with Gasteiger partial charge in [0.15, 0.2) is 0 Å². The monoisotopic (exact) mass is 226 g/mol. The summed E-state index contributed by atoms with van der Waals surface area (Å²) >= 11 is 0. The normalized spacial score (nSPS) is 12.5. The summed E-state index contributed by atoms with van der Waals surface area (Å²) in [6.07, 6.45) is 2.53. The molecule has 0 aromatic heterocycles. The Kier molecular flexibility index (Phi) is 5.56. The lowest BCUT2D eigenvalue weighted by atomic mass is 9.97. The van der Waals surface area contributed by atoms with Crippen molar-refractivity contribution in [3.63, 3.8) is 0 Å². The molecule has 0 unspecified atom stereocenters. The van der Waals surface area contributed by atoms with Gasteiger partial charge < -0.3 is 13.3 Å². The van der Waals surface area contributed by atoms with Crippen LogP contribution in [0.4, 0.5) is 0 Å². The molecule has 1 aromatic rings. The first-order chi connectivity index (χ1) is 7.30. The quantitative estimate of drug-likeness (QED) is 0.730. The van der Waals surface area contributed by atoms with Gasteiger partial charge in [0, 0.05) is 21.3 Å². The number of aryl methyl sites for hydroxylation is 2. The van der Waals surface area contributed by atoms with Crippen molar-refractivity contribution in [3.8, 4) is 0 Å². The van der Waals surface area contributed by atoms with Crippen molar-refractivity contribution in [3.05, 3.63) is 35.4 Å². The number of benzene rings is 1. The second kappa shape index (κ2) is 6.74. The second-order valence-electron chi connectivity index (χ2n) is 3.31. The maximum absolute atomic E-state index is 4.74. The molecule has 0 radical (unpaired) electrons. The van der Waals surface area contributed by atoms with Gasteiger partial charge in [-0.25, -0.2) is 0 Å². The van der Waals surface area contributed by atoms with Crippen molar-refractivity contribution in [2.24, 2.45) is 0 Å². The summed E-state index contributed by atoms with van der Waals surface area (Å²) in [6, 6.07) is 8.83. The zero-order valence-electron chi connectivity index (χ0n) is 9.53. The summed E-state index contributed by atoms with van der Waals surface area (Å²) in [6.45, 7) is 0. The van der Waals surface area contributed by atoms with Gasteiger partial charge >= 0.3 is 9.53 Å². The van der Waals surface area contributed by atoms with Gasteiger partial charge in [0.2, 0.25) is 0 Å². The van der Waals surface area contributed by atoms with Crippen LogP contribution in [-0.4, -0.2) is 30.9 Å². The van der Waals surface area contributed by atoms with Gasteiger partial charge in [-0.3, -0.25) is 0 Å². The molecule has 0 N–H and O–H groups in total. The van der Waals surface area contributed by atoms with Gasteiger partial charge in [0.05, 0.1) is 0 Å². The molecule has 2 bridgehead atoms. The highest BCUT2D eigenvalue weighted by Crippen LogP contribution is 2.14. The molecule has 0 aliphatic heterocycles. The maximum atomic E-state index is 4.74. The molecule has 15 heavy (non-hydrogen) atoms. The Morgan fingerprint density at radius 2 is 1.13 bits per heavy atom. The minimum absolute atomic E-state index is 1.27. The Morgan fingerprint density at radius 1 is 0.800 bits per heavy atom. The van der Waals surface area contributed by atoms with E-state index in [1.165, 1.54) is 24.0 Å². The van der Waals surface area contributed by atoms with E-state index in [0.717, 1.165) is 0 Å². The predicted octanol–water partition coefficient (Wildman–Crippen LogP) is 1.43. The summed E-state index contributed by atoms with van der Waals surface area (Å²) in [5.74, 6) is 0. The molecule has 0 fully saturated rings. The van der Waals surface area contributed by atoms with E-state index in [9.17, 15) is 0 Å². The molecule has 0 amide bonds. The Bertz CT molecular complexity index is 241. The van der Waals surface area contributed by atoms with Gasteiger partial charge in [-0.15, -0.1) is 0 Å². The van der Waals surface area contributed by atoms with E-state index in [1.807, 2.05) is 0 Å². The summed E-state index contributed by atoms with van der Waals surface area (Å²) in [5, 5.41) is 0. The molecule has 0 saturated carbocycles. The number of fused-ring (bicyclic) bond motifs is 3. The Morgan fingerprint density at radius 3 is 1.20 bits per heavy atom. The fourth-order valence-corrected chi connectivity index (χ4v) is 2.03. The smallest absolute Gasteiger partial charge is 0.379 e. The van der Waals surface area contributed by atoms with Gasteiger partial charge in [-0.1, -0.05) is 24.3 Å². The first-order valence-corrected chi connectivity index (χ1v) is 6.37. The van der Waals surface area contributed by atoms with Crippen LogP contribution in [-0.2, 0) is 26.1 Å². The average Bonchev–Trinajstić information content (AvgIpc) is 2.35. The zero-order chi connectivity index (χ0) is 11.1. The Labute approximate surface area is 92.9 Å². The highest BCUT2D eigenvalue weighted by Gasteiger charge is 2.05. The van der Waals surface area contributed by atoms with E-state index in [2.05, 4.69) is 24.3 Å². The van der Waals surface area contributed by atoms with Crippen LogP contribution in [0.3, 0.4) is 0 Å². The molecular weight excluding hydrogens is 208 g/mol. The molecule has 0 saturated heterocycles. The zero-order valence-corrected chi connectivity index (χ0v) is 10.7. The average molecular weight is 226 g/mol. The predicted molar refractivity (Wildman–Crippen MR) is 62.0 cm³/mol. The highest BCUT2D eigenvalue weighted by atomic mass is 28.3. The number of hydrogen-bond donors (Lipinski definition) is 0. The van der Waals surface area contributed by atoms with Gasteiger partial charge in [-0.05, 0) is 24.0 Å². The van der Waals surface area contributed by atoms with Crippen LogP contribution >= 0.6 is 0 Å². The SMILES string of the molecule is CO[SiH](OC)OC.c1cc2ccc1CC2. The lowest BCUT2D eigenvalue weighted by Crippen LogP contribution is -2.21. The third-order valence-electron chi connectivity index (χ3n) is 2.30. The Hall–Kier alpha value is -0.683. The van der Waals surface area contributed by atoms with Crippen LogP contribution in [0.2, 0.25) is 0 Å². The minimum atomic E-state index is -1.67. The van der Waals surface area contributed by atoms with Crippen molar-refractivity contribution in [1.29, 1.82) is 0 Å². The highest BCUT2D eigenvalue weighted by molar-refractivity contribution is 6.36. The van der Waals surface area contributed by atoms with Crippen molar-refractivity contribution in [2.75, 3.05) is 21.3 Å². The topological polar surface area (TPSA) is 27.7 Å². The molecule has 3 nitrogen and oxygen atoms in total. The fraction of sp³-hybridized carbons (Fsp3) is 0.455. The largest absolute Gasteiger partial charge is 0.483 e. The Balaban J connectivity index is 0.000000153. The van der Waals surface area contributed by atoms with Crippen LogP contribution in [0, 0.1) is 0 Å². The van der Waals surface area contributed by atoms with Crippen molar-refractivity contribution >= 4 is 9.53 Å². The molecule has 2 aliphatic rings. The van der Waals surface area contributed by atoms with Crippen molar-refractivity contribution < 1.29 is 13.3 Å². The van der Waals surface area contributed by atoms with E-state index in [1.54, 1.807) is 21.3 Å². The molecule has 4 heteroatoms. The molecule has 3 rings (SSSR count). The summed E-state index contributed by atoms with van der Waals surface area (Å²) < 4.78 is 14.2. The lowest BCUT2D eigenvalue weighted by molar-refractivity contribution is 0.163. The van der Waals surface area contributed by atoms with Crippen LogP contribution in [0.5, 0.6) is 0 Å². The van der Waals surface area contributed by atoms with E-state index in [4.69, 9.17) is 13.3 Å². The minimum Gasteiger partial charge on any atom is -0.379 e. The molecule has 2 aliphatic carbocycles. The van der Waals surface area contributed by atoms with Crippen LogP contribution in [0.25, 0.3) is 0 Å². The van der Waals surface area contributed by atoms with Crippen molar-refractivity contribution in [1.82, 2.24) is 0 Å². The van der Waals surface area contributed by atoms with Crippen LogP contribution in [0.1, 0.15) is 11.1 Å². The number of rotatable bonds is 3. The van der Waals surface area contributed by atoms with E-state index >= 15 is 0 Å². The summed E-state index contributed by atoms with van der Waals surface area (Å²) in [7, 11) is 3.05. The lowest BCUT2D eigenvalue weighted by Gasteiger charge is -2.09. The van der Waals surface area contributed by atoms with Gasteiger partial charge in [-0.2, -0.15) is 0 Å². The first kappa shape index (κ1) is 12.4. The third kappa shape index (κ3) is 4.13. The maximum Gasteiger partial charge on any atom is 0.483 e. The molecule has 1 aromatic carbocycles. The van der Waals surface area contributed by atoms with E-state index in [-0.39, 0.29) is 0 Å². The molecule has 0 atom stereocenters. The molecule has 0 spiro atoms. The number of hydrogen-bond acceptors (Lipinski definition) is 3. The van der Waals surface area contributed by atoms with E-state index in [0.29, 0.717) is 0 Å². The standard InChI is InChI=1S/C8H8.C3H10O3Si/c1-2-8-5-3-7(1)4-6-8;1-4-7(5-2)6-3/h1-3,5H,4,6H2;7H,1-3H3. The van der Waals surface area contributed by atoms with Crippen LogP contribution in [0.15, 0.2) is 24.3 Å². The molecule has 84 valence electrons. The third-order valence-corrected chi connectivity index (χ3v) is 3.46. The van der Waals surface area contributed by atoms with Gasteiger partial charge in [0.1, 0.15) is 0 Å². The molecular formula is C11H18O3Si. The van der Waals surface area contributed by atoms with Gasteiger partial charge in [0.25, 0.3) is 0 Å². The molecule has 0 heterocycles. The first-order valence-electron chi connectivity index (χ1n) is 4.96. The van der Waals surface area contributed by atoms with Crippen LogP contribution < -0.4 is 0 Å².